The first-order valence-electron chi connectivity index (χ1n) is 6.53. The van der Waals surface area contributed by atoms with Crippen LogP contribution in [0.25, 0.3) is 0 Å². The van der Waals surface area contributed by atoms with Crippen LogP contribution in [0.3, 0.4) is 0 Å². The third-order valence-electron chi connectivity index (χ3n) is 3.09. The van der Waals surface area contributed by atoms with Crippen molar-refractivity contribution < 1.29 is 13.2 Å². The fourth-order valence-electron chi connectivity index (χ4n) is 2.26. The van der Waals surface area contributed by atoms with Gasteiger partial charge in [-0.05, 0) is 43.5 Å². The van der Waals surface area contributed by atoms with Gasteiger partial charge in [-0.1, -0.05) is 13.8 Å². The average molecular weight is 285 g/mol. The molecule has 0 N–H and O–H groups in total. The molecule has 5 heteroatoms. The van der Waals surface area contributed by atoms with Crippen molar-refractivity contribution in [1.82, 2.24) is 4.31 Å². The molecule has 0 saturated heterocycles. The number of hydrogen-bond donors (Lipinski definition) is 0. The first-order chi connectivity index (χ1) is 8.88. The summed E-state index contributed by atoms with van der Waals surface area (Å²) in [6, 6.07) is 3.53. The molecule has 0 amide bonds. The summed E-state index contributed by atoms with van der Waals surface area (Å²) >= 11 is 0. The van der Waals surface area contributed by atoms with Crippen LogP contribution in [-0.4, -0.2) is 32.9 Å². The van der Waals surface area contributed by atoms with Crippen molar-refractivity contribution in [3.63, 3.8) is 0 Å². The van der Waals surface area contributed by atoms with E-state index >= 15 is 0 Å². The lowest BCUT2D eigenvalue weighted by Gasteiger charge is -2.22. The van der Waals surface area contributed by atoms with Crippen LogP contribution in [0.4, 0.5) is 0 Å². The van der Waals surface area contributed by atoms with Crippen LogP contribution in [-0.2, 0) is 10.0 Å². The number of nitrogens with zero attached hydrogens (tertiary/aromatic N) is 1. The van der Waals surface area contributed by atoms with Crippen LogP contribution >= 0.6 is 0 Å². The molecule has 0 aromatic heterocycles. The Morgan fingerprint density at radius 1 is 1.16 bits per heavy atom. The molecule has 0 aliphatic rings. The Kier molecular flexibility index (Phi) is 5.38. The third kappa shape index (κ3) is 3.28. The van der Waals surface area contributed by atoms with E-state index in [0.29, 0.717) is 23.7 Å². The van der Waals surface area contributed by atoms with E-state index in [1.165, 1.54) is 4.31 Å². The highest BCUT2D eigenvalue weighted by molar-refractivity contribution is 7.89. The molecule has 0 atom stereocenters. The molecule has 1 aromatic carbocycles. The maximum Gasteiger partial charge on any atom is 0.243 e. The summed E-state index contributed by atoms with van der Waals surface area (Å²) in [6.45, 7) is 8.49. The van der Waals surface area contributed by atoms with E-state index in [0.717, 1.165) is 17.5 Å². The average Bonchev–Trinajstić information content (AvgIpc) is 2.34. The Labute approximate surface area is 116 Å². The van der Waals surface area contributed by atoms with Gasteiger partial charge in [-0.25, -0.2) is 8.42 Å². The second-order valence-electron chi connectivity index (χ2n) is 4.59. The minimum absolute atomic E-state index is 0.406. The van der Waals surface area contributed by atoms with Crippen LogP contribution in [0, 0.1) is 13.8 Å². The van der Waals surface area contributed by atoms with Crippen LogP contribution in [0.15, 0.2) is 17.0 Å². The van der Waals surface area contributed by atoms with Crippen molar-refractivity contribution in [3.05, 3.63) is 23.3 Å². The van der Waals surface area contributed by atoms with Crippen LogP contribution < -0.4 is 4.74 Å². The van der Waals surface area contributed by atoms with Gasteiger partial charge in [-0.2, -0.15) is 4.31 Å². The van der Waals surface area contributed by atoms with Crippen LogP contribution in [0.2, 0.25) is 0 Å². The zero-order valence-corrected chi connectivity index (χ0v) is 13.2. The van der Waals surface area contributed by atoms with Crippen LogP contribution in [0.1, 0.15) is 31.4 Å². The van der Waals surface area contributed by atoms with Gasteiger partial charge in [0.25, 0.3) is 0 Å². The molecule has 0 fully saturated rings. The second kappa shape index (κ2) is 6.39. The van der Waals surface area contributed by atoms with E-state index in [1.54, 1.807) is 19.2 Å². The van der Waals surface area contributed by atoms with Gasteiger partial charge < -0.3 is 4.74 Å². The van der Waals surface area contributed by atoms with Gasteiger partial charge in [-0.3, -0.25) is 0 Å². The van der Waals surface area contributed by atoms with Gasteiger partial charge >= 0.3 is 0 Å². The molecule has 0 unspecified atom stereocenters. The molecule has 0 heterocycles. The summed E-state index contributed by atoms with van der Waals surface area (Å²) in [7, 11) is -1.84. The van der Waals surface area contributed by atoms with E-state index < -0.39 is 10.0 Å². The largest absolute Gasteiger partial charge is 0.497 e. The lowest BCUT2D eigenvalue weighted by atomic mass is 10.1. The number of rotatable bonds is 6. The Morgan fingerprint density at radius 3 is 2.05 bits per heavy atom. The number of sulfonamides is 1. The Bertz CT molecular complexity index is 515. The van der Waals surface area contributed by atoms with Crippen molar-refractivity contribution in [1.29, 1.82) is 0 Å². The minimum atomic E-state index is -3.42. The predicted octanol–water partition coefficient (Wildman–Crippen LogP) is 2.73. The smallest absolute Gasteiger partial charge is 0.243 e. The van der Waals surface area contributed by atoms with E-state index in [9.17, 15) is 8.42 Å². The minimum Gasteiger partial charge on any atom is -0.497 e. The molecule has 4 nitrogen and oxygen atoms in total. The molecular formula is C14H23NO3S. The number of ether oxygens (including phenoxy) is 1. The van der Waals surface area contributed by atoms with Gasteiger partial charge in [0.1, 0.15) is 5.75 Å². The first-order valence-corrected chi connectivity index (χ1v) is 7.97. The monoisotopic (exact) mass is 285 g/mol. The van der Waals surface area contributed by atoms with E-state index in [-0.39, 0.29) is 0 Å². The molecule has 0 radical (unpaired) electrons. The summed E-state index contributed by atoms with van der Waals surface area (Å²) < 4.78 is 32.1. The number of methoxy groups -OCH3 is 1. The Hall–Kier alpha value is -1.07. The van der Waals surface area contributed by atoms with Gasteiger partial charge in [0.05, 0.1) is 12.0 Å². The standard InChI is InChI=1S/C14H23NO3S/c1-6-8-15(7-2)19(16,17)14-11(3)9-13(18-5)10-12(14)4/h9-10H,6-8H2,1-5H3. The molecular weight excluding hydrogens is 262 g/mol. The van der Waals surface area contributed by atoms with Crippen molar-refractivity contribution in [2.45, 2.75) is 39.0 Å². The van der Waals surface area contributed by atoms with Gasteiger partial charge in [0.2, 0.25) is 10.0 Å². The molecule has 0 aliphatic carbocycles. The van der Waals surface area contributed by atoms with Crippen molar-refractivity contribution in [2.75, 3.05) is 20.2 Å². The predicted molar refractivity (Wildman–Crippen MR) is 77.2 cm³/mol. The van der Waals surface area contributed by atoms with Crippen molar-refractivity contribution >= 4 is 10.0 Å². The van der Waals surface area contributed by atoms with Crippen LogP contribution in [0.5, 0.6) is 5.75 Å². The summed E-state index contributed by atoms with van der Waals surface area (Å²) in [5.74, 6) is 0.687. The summed E-state index contributed by atoms with van der Waals surface area (Å²) in [6.07, 6.45) is 0.807. The fourth-order valence-corrected chi connectivity index (χ4v) is 4.21. The highest BCUT2D eigenvalue weighted by Gasteiger charge is 2.26. The second-order valence-corrected chi connectivity index (χ2v) is 6.46. The van der Waals surface area contributed by atoms with E-state index in [2.05, 4.69) is 0 Å². The number of hydrogen-bond acceptors (Lipinski definition) is 3. The maximum absolute atomic E-state index is 12.7. The van der Waals surface area contributed by atoms with Crippen molar-refractivity contribution in [2.24, 2.45) is 0 Å². The Balaban J connectivity index is 3.36. The lowest BCUT2D eigenvalue weighted by molar-refractivity contribution is 0.412. The summed E-state index contributed by atoms with van der Waals surface area (Å²) in [5, 5.41) is 0. The Morgan fingerprint density at radius 2 is 1.68 bits per heavy atom. The molecule has 108 valence electrons. The quantitative estimate of drug-likeness (QED) is 0.807. The third-order valence-corrected chi connectivity index (χ3v) is 5.37. The molecule has 1 rings (SSSR count). The van der Waals surface area contributed by atoms with E-state index in [4.69, 9.17) is 4.74 Å². The van der Waals surface area contributed by atoms with Gasteiger partial charge in [0.15, 0.2) is 0 Å². The fraction of sp³-hybridized carbons (Fsp3) is 0.571. The van der Waals surface area contributed by atoms with Crippen molar-refractivity contribution in [3.8, 4) is 5.75 Å². The molecule has 0 saturated carbocycles. The highest BCUT2D eigenvalue weighted by Crippen LogP contribution is 2.28. The highest BCUT2D eigenvalue weighted by atomic mass is 32.2. The molecule has 0 aliphatic heterocycles. The number of aryl methyl sites for hydroxylation is 2. The van der Waals surface area contributed by atoms with Gasteiger partial charge in [0, 0.05) is 13.1 Å². The maximum atomic E-state index is 12.7. The summed E-state index contributed by atoms with van der Waals surface area (Å²) in [4.78, 5) is 0.406. The molecule has 0 spiro atoms. The van der Waals surface area contributed by atoms with E-state index in [1.807, 2.05) is 27.7 Å². The molecule has 0 bridgehead atoms. The lowest BCUT2D eigenvalue weighted by Crippen LogP contribution is -2.32. The summed E-state index contributed by atoms with van der Waals surface area (Å²) in [5.41, 5.74) is 1.46. The normalized spacial score (nSPS) is 11.9. The zero-order chi connectivity index (χ0) is 14.6. The first kappa shape index (κ1) is 16.0. The van der Waals surface area contributed by atoms with Gasteiger partial charge in [-0.15, -0.1) is 0 Å². The zero-order valence-electron chi connectivity index (χ0n) is 12.4. The SMILES string of the molecule is CCCN(CC)S(=O)(=O)c1c(C)cc(OC)cc1C. The topological polar surface area (TPSA) is 46.6 Å². The molecule has 1 aromatic rings. The number of benzene rings is 1. The molecule has 19 heavy (non-hydrogen) atoms.